The summed E-state index contributed by atoms with van der Waals surface area (Å²) in [4.78, 5) is 9.38. The molecule has 0 aromatic heterocycles. The predicted molar refractivity (Wildman–Crippen MR) is 89.1 cm³/mol. The third kappa shape index (κ3) is 3.84. The number of hydrogen-bond donors (Lipinski definition) is 0. The molecular weight excluding hydrogens is 332 g/mol. The van der Waals surface area contributed by atoms with E-state index < -0.39 is 0 Å². The highest BCUT2D eigenvalue weighted by Gasteiger charge is 2.30. The molecule has 0 bridgehead atoms. The Hall–Kier alpha value is -1.36. The Kier molecular flexibility index (Phi) is 5.39. The molecule has 0 aliphatic carbocycles. The van der Waals surface area contributed by atoms with Crippen LogP contribution in [0.2, 0.25) is 0 Å². The molecule has 0 radical (unpaired) electrons. The third-order valence-electron chi connectivity index (χ3n) is 3.48. The van der Waals surface area contributed by atoms with E-state index in [2.05, 4.69) is 46.9 Å². The van der Waals surface area contributed by atoms with Crippen LogP contribution in [-0.4, -0.2) is 38.1 Å². The lowest BCUT2D eigenvalue weighted by atomic mass is 10.0. The van der Waals surface area contributed by atoms with Gasteiger partial charge < -0.3 is 9.47 Å². The molecule has 0 unspecified atom stereocenters. The van der Waals surface area contributed by atoms with Crippen LogP contribution < -0.4 is 0 Å². The van der Waals surface area contributed by atoms with Crippen molar-refractivity contribution in [1.82, 2.24) is 0 Å². The number of aliphatic imine (C=N–C) groups is 2. The average molecular weight is 353 g/mol. The topological polar surface area (TPSA) is 43.2 Å². The van der Waals surface area contributed by atoms with Crippen molar-refractivity contribution in [1.29, 1.82) is 0 Å². The van der Waals surface area contributed by atoms with Crippen molar-refractivity contribution in [2.75, 3.05) is 14.2 Å². The molecule has 21 heavy (non-hydrogen) atoms. The van der Waals surface area contributed by atoms with Crippen LogP contribution >= 0.6 is 15.9 Å². The second-order valence-corrected chi connectivity index (χ2v) is 6.29. The van der Waals surface area contributed by atoms with Gasteiger partial charge in [-0.3, -0.25) is 0 Å². The monoisotopic (exact) mass is 352 g/mol. The van der Waals surface area contributed by atoms with Crippen LogP contribution in [0.25, 0.3) is 0 Å². The van der Waals surface area contributed by atoms with Crippen LogP contribution in [0.1, 0.15) is 19.4 Å². The maximum Gasteiger partial charge on any atom is 0.209 e. The Bertz CT molecular complexity index is 538. The summed E-state index contributed by atoms with van der Waals surface area (Å²) in [5.41, 5.74) is 1.19. The molecule has 114 valence electrons. The number of benzene rings is 1. The van der Waals surface area contributed by atoms with Gasteiger partial charge in [-0.05, 0) is 23.6 Å². The van der Waals surface area contributed by atoms with Crippen molar-refractivity contribution >= 4 is 27.7 Å². The van der Waals surface area contributed by atoms with Gasteiger partial charge in [0.05, 0.1) is 14.2 Å². The number of ether oxygens (including phenoxy) is 2. The first-order valence-corrected chi connectivity index (χ1v) is 7.82. The van der Waals surface area contributed by atoms with E-state index in [1.54, 1.807) is 14.2 Å². The summed E-state index contributed by atoms with van der Waals surface area (Å²) in [5.74, 6) is 1.69. The van der Waals surface area contributed by atoms with Gasteiger partial charge in [0.25, 0.3) is 0 Å². The van der Waals surface area contributed by atoms with Crippen LogP contribution in [0.4, 0.5) is 0 Å². The normalized spacial score (nSPS) is 21.8. The highest BCUT2D eigenvalue weighted by Crippen LogP contribution is 2.20. The van der Waals surface area contributed by atoms with E-state index in [1.807, 2.05) is 12.1 Å². The Balaban J connectivity index is 2.23. The maximum atomic E-state index is 5.45. The third-order valence-corrected chi connectivity index (χ3v) is 4.01. The summed E-state index contributed by atoms with van der Waals surface area (Å²) >= 11 is 3.44. The molecule has 4 nitrogen and oxygen atoms in total. The summed E-state index contributed by atoms with van der Waals surface area (Å²) in [6, 6.07) is 8.02. The molecule has 1 heterocycles. The van der Waals surface area contributed by atoms with Gasteiger partial charge in [-0.25, -0.2) is 9.98 Å². The van der Waals surface area contributed by atoms with Crippen molar-refractivity contribution < 1.29 is 9.47 Å². The standard InChI is InChI=1S/C16H21BrN2O2/c1-10(2)14-16(21-4)18-13(15(19-14)20-3)9-11-5-7-12(17)8-6-11/h5-8,10,13-14H,9H2,1-4H3/t13-,14-/m0/s1. The van der Waals surface area contributed by atoms with E-state index in [0.29, 0.717) is 17.7 Å². The first-order valence-electron chi connectivity index (χ1n) is 7.03. The molecule has 0 fully saturated rings. The first kappa shape index (κ1) is 16.0. The van der Waals surface area contributed by atoms with Gasteiger partial charge in [0.1, 0.15) is 12.1 Å². The average Bonchev–Trinajstić information content (AvgIpc) is 2.48. The minimum atomic E-state index is -0.124. The van der Waals surface area contributed by atoms with Crippen molar-refractivity contribution in [3.8, 4) is 0 Å². The van der Waals surface area contributed by atoms with E-state index in [9.17, 15) is 0 Å². The molecule has 1 aliphatic rings. The van der Waals surface area contributed by atoms with Crippen LogP contribution in [0.5, 0.6) is 0 Å². The minimum absolute atomic E-state index is 0.0638. The second kappa shape index (κ2) is 7.07. The minimum Gasteiger partial charge on any atom is -0.483 e. The molecule has 0 N–H and O–H groups in total. The lowest BCUT2D eigenvalue weighted by Crippen LogP contribution is -2.38. The summed E-state index contributed by atoms with van der Waals surface area (Å²) in [5, 5.41) is 0. The highest BCUT2D eigenvalue weighted by molar-refractivity contribution is 9.10. The van der Waals surface area contributed by atoms with Gasteiger partial charge in [-0.15, -0.1) is 0 Å². The van der Waals surface area contributed by atoms with Gasteiger partial charge in [0, 0.05) is 10.9 Å². The highest BCUT2D eigenvalue weighted by atomic mass is 79.9. The fourth-order valence-corrected chi connectivity index (χ4v) is 2.60. The van der Waals surface area contributed by atoms with Crippen LogP contribution in [0.15, 0.2) is 38.7 Å². The van der Waals surface area contributed by atoms with Gasteiger partial charge in [-0.2, -0.15) is 0 Å². The molecule has 0 amide bonds. The van der Waals surface area contributed by atoms with E-state index in [1.165, 1.54) is 5.56 Å². The van der Waals surface area contributed by atoms with E-state index >= 15 is 0 Å². The van der Waals surface area contributed by atoms with Crippen LogP contribution in [0.3, 0.4) is 0 Å². The first-order chi connectivity index (χ1) is 10.0. The zero-order chi connectivity index (χ0) is 15.4. The molecule has 2 rings (SSSR count). The van der Waals surface area contributed by atoms with Crippen LogP contribution in [0, 0.1) is 5.92 Å². The number of hydrogen-bond acceptors (Lipinski definition) is 4. The SMILES string of the molecule is COC1=N[C@@H](C(C)C)C(OC)=N[C@H]1Cc1ccc(Br)cc1. The zero-order valence-electron chi connectivity index (χ0n) is 12.8. The van der Waals surface area contributed by atoms with Crippen molar-refractivity contribution in [2.24, 2.45) is 15.9 Å². The Morgan fingerprint density at radius 1 is 1.05 bits per heavy atom. The van der Waals surface area contributed by atoms with E-state index in [4.69, 9.17) is 14.5 Å². The van der Waals surface area contributed by atoms with Crippen LogP contribution in [-0.2, 0) is 15.9 Å². The summed E-state index contributed by atoms with van der Waals surface area (Å²) in [6.07, 6.45) is 0.748. The zero-order valence-corrected chi connectivity index (χ0v) is 14.4. The smallest absolute Gasteiger partial charge is 0.209 e. The molecule has 0 saturated carbocycles. The summed E-state index contributed by atoms with van der Waals surface area (Å²) in [6.45, 7) is 4.20. The number of rotatable bonds is 3. The summed E-state index contributed by atoms with van der Waals surface area (Å²) in [7, 11) is 3.30. The van der Waals surface area contributed by atoms with Gasteiger partial charge in [-0.1, -0.05) is 41.9 Å². The lowest BCUT2D eigenvalue weighted by Gasteiger charge is -2.27. The van der Waals surface area contributed by atoms with Crippen molar-refractivity contribution in [3.63, 3.8) is 0 Å². The fourth-order valence-electron chi connectivity index (χ4n) is 2.34. The Morgan fingerprint density at radius 2 is 1.67 bits per heavy atom. The largest absolute Gasteiger partial charge is 0.483 e. The lowest BCUT2D eigenvalue weighted by molar-refractivity contribution is 0.332. The molecule has 0 saturated heterocycles. The second-order valence-electron chi connectivity index (χ2n) is 5.38. The van der Waals surface area contributed by atoms with Gasteiger partial charge in [0.15, 0.2) is 0 Å². The Labute approximate surface area is 134 Å². The molecule has 1 aromatic rings. The fraction of sp³-hybridized carbons (Fsp3) is 0.500. The Morgan fingerprint density at radius 3 is 2.19 bits per heavy atom. The molecule has 2 atom stereocenters. The number of nitrogens with zero attached hydrogens (tertiary/aromatic N) is 2. The van der Waals surface area contributed by atoms with E-state index in [0.717, 1.165) is 10.9 Å². The van der Waals surface area contributed by atoms with Crippen molar-refractivity contribution in [2.45, 2.75) is 32.4 Å². The molecular formula is C16H21BrN2O2. The number of halogens is 1. The van der Waals surface area contributed by atoms with Gasteiger partial charge >= 0.3 is 0 Å². The molecule has 1 aromatic carbocycles. The predicted octanol–water partition coefficient (Wildman–Crippen LogP) is 3.49. The molecule has 5 heteroatoms. The van der Waals surface area contributed by atoms with E-state index in [-0.39, 0.29) is 12.1 Å². The number of methoxy groups -OCH3 is 2. The summed E-state index contributed by atoms with van der Waals surface area (Å²) < 4.78 is 11.9. The van der Waals surface area contributed by atoms with Gasteiger partial charge in [0.2, 0.25) is 11.8 Å². The maximum absolute atomic E-state index is 5.45. The molecule has 1 aliphatic heterocycles. The van der Waals surface area contributed by atoms with Crippen molar-refractivity contribution in [3.05, 3.63) is 34.3 Å². The quantitative estimate of drug-likeness (QED) is 0.835. The molecule has 0 spiro atoms.